The van der Waals surface area contributed by atoms with Crippen LogP contribution in [-0.4, -0.2) is 18.4 Å². The van der Waals surface area contributed by atoms with Gasteiger partial charge in [0.15, 0.2) is 5.11 Å². The molecule has 0 unspecified atom stereocenters. The van der Waals surface area contributed by atoms with Crippen LogP contribution in [-0.2, 0) is 0 Å². The first-order valence-electron chi connectivity index (χ1n) is 6.27. The smallest absolute Gasteiger partial charge is 0.191 e. The summed E-state index contributed by atoms with van der Waals surface area (Å²) in [7, 11) is 1.61. The Morgan fingerprint density at radius 1 is 1.18 bits per heavy atom. The Morgan fingerprint density at radius 2 is 1.86 bits per heavy atom. The second-order valence-corrected chi connectivity index (χ2v) is 5.51. The minimum atomic E-state index is 0.324. The van der Waals surface area contributed by atoms with Crippen molar-refractivity contribution in [1.82, 2.24) is 5.43 Å². The molecule has 0 saturated carbocycles. The van der Waals surface area contributed by atoms with Crippen molar-refractivity contribution in [2.45, 2.75) is 0 Å². The second kappa shape index (κ2) is 7.98. The molecule has 0 aliphatic rings. The van der Waals surface area contributed by atoms with Crippen LogP contribution in [0.25, 0.3) is 0 Å². The van der Waals surface area contributed by atoms with Gasteiger partial charge in [0.2, 0.25) is 0 Å². The van der Waals surface area contributed by atoms with E-state index in [9.17, 15) is 0 Å². The number of benzene rings is 2. The number of methoxy groups -OCH3 is 1. The fourth-order valence-corrected chi connectivity index (χ4v) is 2.42. The van der Waals surface area contributed by atoms with Crippen molar-refractivity contribution >= 4 is 52.4 Å². The summed E-state index contributed by atoms with van der Waals surface area (Å²) in [6.45, 7) is 0. The maximum Gasteiger partial charge on any atom is 0.191 e. The summed E-state index contributed by atoms with van der Waals surface area (Å²) in [5, 5.41) is 8.38. The Morgan fingerprint density at radius 3 is 2.55 bits per heavy atom. The standard InChI is InChI=1S/C15H13Cl2N3OS/c1-21-14-5-3-2-4-10(14)9-18-20-15(22)19-13-7-11(16)6-12(17)8-13/h2-9H,1H3,(H2,19,20,22). The number of thiocarbonyl (C=S) groups is 1. The average Bonchev–Trinajstić information content (AvgIpc) is 2.46. The first-order chi connectivity index (χ1) is 10.6. The van der Waals surface area contributed by atoms with E-state index in [-0.39, 0.29) is 0 Å². The van der Waals surface area contributed by atoms with Gasteiger partial charge >= 0.3 is 0 Å². The maximum absolute atomic E-state index is 5.92. The van der Waals surface area contributed by atoms with E-state index in [2.05, 4.69) is 15.8 Å². The van der Waals surface area contributed by atoms with Gasteiger partial charge in [-0.1, -0.05) is 35.3 Å². The molecule has 7 heteroatoms. The Bertz CT molecular complexity index is 687. The number of nitrogens with one attached hydrogen (secondary N) is 2. The highest BCUT2D eigenvalue weighted by molar-refractivity contribution is 7.80. The lowest BCUT2D eigenvalue weighted by atomic mass is 10.2. The van der Waals surface area contributed by atoms with Crippen LogP contribution in [0, 0.1) is 0 Å². The Hall–Kier alpha value is -1.82. The molecule has 2 rings (SSSR count). The zero-order valence-corrected chi connectivity index (χ0v) is 14.0. The summed E-state index contributed by atoms with van der Waals surface area (Å²) in [5.41, 5.74) is 4.24. The fraction of sp³-hybridized carbons (Fsp3) is 0.0667. The van der Waals surface area contributed by atoms with Gasteiger partial charge in [-0.05, 0) is 42.5 Å². The molecular weight excluding hydrogens is 341 g/mol. The number of rotatable bonds is 4. The molecule has 0 aliphatic heterocycles. The molecule has 0 aromatic heterocycles. The highest BCUT2D eigenvalue weighted by Gasteiger charge is 2.01. The quantitative estimate of drug-likeness (QED) is 0.488. The van der Waals surface area contributed by atoms with Gasteiger partial charge in [-0.3, -0.25) is 5.43 Å². The van der Waals surface area contributed by atoms with Gasteiger partial charge in [-0.15, -0.1) is 0 Å². The van der Waals surface area contributed by atoms with Crippen LogP contribution < -0.4 is 15.5 Å². The second-order valence-electron chi connectivity index (χ2n) is 4.22. The van der Waals surface area contributed by atoms with E-state index in [1.807, 2.05) is 24.3 Å². The van der Waals surface area contributed by atoms with Crippen molar-refractivity contribution in [3.63, 3.8) is 0 Å². The summed E-state index contributed by atoms with van der Waals surface area (Å²) >= 11 is 17.0. The van der Waals surface area contributed by atoms with Gasteiger partial charge in [0.05, 0.1) is 13.3 Å². The number of anilines is 1. The summed E-state index contributed by atoms with van der Waals surface area (Å²) < 4.78 is 5.23. The van der Waals surface area contributed by atoms with Crippen molar-refractivity contribution < 1.29 is 4.74 Å². The normalized spacial score (nSPS) is 10.5. The van der Waals surface area contributed by atoms with E-state index in [0.29, 0.717) is 20.8 Å². The van der Waals surface area contributed by atoms with Gasteiger partial charge in [0.1, 0.15) is 5.75 Å². The lowest BCUT2D eigenvalue weighted by Gasteiger charge is -2.08. The Labute approximate surface area is 144 Å². The highest BCUT2D eigenvalue weighted by Crippen LogP contribution is 2.22. The average molecular weight is 354 g/mol. The minimum Gasteiger partial charge on any atom is -0.496 e. The Balaban J connectivity index is 1.96. The Kier molecular flexibility index (Phi) is 6.00. The SMILES string of the molecule is COc1ccccc1C=NNC(=S)Nc1cc(Cl)cc(Cl)c1. The predicted molar refractivity (Wildman–Crippen MR) is 96.4 cm³/mol. The van der Waals surface area contributed by atoms with E-state index in [1.165, 1.54) is 0 Å². The lowest BCUT2D eigenvalue weighted by molar-refractivity contribution is 0.414. The van der Waals surface area contributed by atoms with Crippen LogP contribution in [0.4, 0.5) is 5.69 Å². The van der Waals surface area contributed by atoms with Crippen LogP contribution in [0.3, 0.4) is 0 Å². The molecule has 0 bridgehead atoms. The molecule has 0 saturated heterocycles. The van der Waals surface area contributed by atoms with E-state index in [1.54, 1.807) is 31.5 Å². The van der Waals surface area contributed by atoms with E-state index in [0.717, 1.165) is 11.3 Å². The van der Waals surface area contributed by atoms with E-state index >= 15 is 0 Å². The van der Waals surface area contributed by atoms with Crippen LogP contribution >= 0.6 is 35.4 Å². The van der Waals surface area contributed by atoms with Gasteiger partial charge in [-0.25, -0.2) is 0 Å². The summed E-state index contributed by atoms with van der Waals surface area (Å²) in [6, 6.07) is 12.6. The van der Waals surface area contributed by atoms with Crippen LogP contribution in [0.15, 0.2) is 47.6 Å². The summed E-state index contributed by atoms with van der Waals surface area (Å²) in [4.78, 5) is 0. The third-order valence-corrected chi connectivity index (χ3v) is 3.26. The maximum atomic E-state index is 5.92. The van der Waals surface area contributed by atoms with Gasteiger partial charge in [0.25, 0.3) is 0 Å². The number of para-hydroxylation sites is 1. The molecule has 2 aromatic rings. The molecule has 114 valence electrons. The molecule has 0 atom stereocenters. The number of hydrazone groups is 1. The number of nitrogens with zero attached hydrogens (tertiary/aromatic N) is 1. The summed E-state index contributed by atoms with van der Waals surface area (Å²) in [6.07, 6.45) is 1.62. The fourth-order valence-electron chi connectivity index (χ4n) is 1.72. The van der Waals surface area contributed by atoms with Gasteiger partial charge in [-0.2, -0.15) is 5.10 Å². The first-order valence-corrected chi connectivity index (χ1v) is 7.44. The third-order valence-electron chi connectivity index (χ3n) is 2.63. The van der Waals surface area contributed by atoms with Crippen molar-refractivity contribution in [2.75, 3.05) is 12.4 Å². The number of halogens is 2. The van der Waals surface area contributed by atoms with Gasteiger partial charge < -0.3 is 10.1 Å². The molecule has 2 N–H and O–H groups in total. The van der Waals surface area contributed by atoms with E-state index < -0.39 is 0 Å². The number of ether oxygens (including phenoxy) is 1. The molecular formula is C15H13Cl2N3OS. The van der Waals surface area contributed by atoms with Crippen LogP contribution in [0.2, 0.25) is 10.0 Å². The summed E-state index contributed by atoms with van der Waals surface area (Å²) in [5.74, 6) is 0.730. The van der Waals surface area contributed by atoms with Crippen molar-refractivity contribution in [3.8, 4) is 5.75 Å². The number of hydrogen-bond acceptors (Lipinski definition) is 3. The van der Waals surface area contributed by atoms with Crippen molar-refractivity contribution in [3.05, 3.63) is 58.1 Å². The van der Waals surface area contributed by atoms with Crippen LogP contribution in [0.1, 0.15) is 5.56 Å². The van der Waals surface area contributed by atoms with Gasteiger partial charge in [0, 0.05) is 21.3 Å². The molecule has 0 aliphatic carbocycles. The number of hydrogen-bond donors (Lipinski definition) is 2. The third kappa shape index (κ3) is 4.87. The molecule has 4 nitrogen and oxygen atoms in total. The topological polar surface area (TPSA) is 45.6 Å². The largest absolute Gasteiger partial charge is 0.496 e. The zero-order chi connectivity index (χ0) is 15.9. The lowest BCUT2D eigenvalue weighted by Crippen LogP contribution is -2.23. The predicted octanol–water partition coefficient (Wildman–Crippen LogP) is 4.32. The van der Waals surface area contributed by atoms with Crippen molar-refractivity contribution in [1.29, 1.82) is 0 Å². The van der Waals surface area contributed by atoms with Crippen LogP contribution in [0.5, 0.6) is 5.75 Å². The van der Waals surface area contributed by atoms with Crippen molar-refractivity contribution in [2.24, 2.45) is 5.10 Å². The highest BCUT2D eigenvalue weighted by atomic mass is 35.5. The molecule has 0 radical (unpaired) electrons. The first kappa shape index (κ1) is 16.5. The van der Waals surface area contributed by atoms with E-state index in [4.69, 9.17) is 40.2 Å². The molecule has 0 fully saturated rings. The molecule has 0 heterocycles. The zero-order valence-electron chi connectivity index (χ0n) is 11.6. The minimum absolute atomic E-state index is 0.324. The molecule has 0 spiro atoms. The molecule has 22 heavy (non-hydrogen) atoms. The monoisotopic (exact) mass is 353 g/mol. The molecule has 2 aromatic carbocycles. The molecule has 0 amide bonds.